The quantitative estimate of drug-likeness (QED) is 0.576. The van der Waals surface area contributed by atoms with Gasteiger partial charge in [-0.25, -0.2) is 14.4 Å². The van der Waals surface area contributed by atoms with Gasteiger partial charge < -0.3 is 14.5 Å². The molecule has 0 N–H and O–H groups in total. The number of piperidine rings is 1. The summed E-state index contributed by atoms with van der Waals surface area (Å²) in [5, 5.41) is 9.12. The topological polar surface area (TPSA) is 87.3 Å². The molecule has 34 heavy (non-hydrogen) atoms. The van der Waals surface area contributed by atoms with Crippen molar-refractivity contribution in [2.24, 2.45) is 7.05 Å². The van der Waals surface area contributed by atoms with Crippen LogP contribution in [0.15, 0.2) is 41.3 Å². The van der Waals surface area contributed by atoms with E-state index in [1.807, 2.05) is 6.07 Å². The van der Waals surface area contributed by atoms with Crippen molar-refractivity contribution in [3.63, 3.8) is 0 Å². The summed E-state index contributed by atoms with van der Waals surface area (Å²) in [7, 11) is 7.23. The molecule has 0 aliphatic carbocycles. The summed E-state index contributed by atoms with van der Waals surface area (Å²) in [6, 6.07) is 10.2. The fraction of sp³-hybridized carbons (Fsp3) is 0.360. The smallest absolute Gasteiger partial charge is 0.263 e. The van der Waals surface area contributed by atoms with Crippen LogP contribution in [0.4, 0.5) is 10.3 Å². The molecule has 0 unspecified atom stereocenters. The zero-order chi connectivity index (χ0) is 24.4. The molecule has 3 heterocycles. The number of nitrogens with zero attached hydrogens (tertiary/aromatic N) is 6. The Bertz CT molecular complexity index is 1290. The van der Waals surface area contributed by atoms with E-state index in [4.69, 9.17) is 15.0 Å². The molecule has 0 bridgehead atoms. The lowest BCUT2D eigenvalue weighted by atomic mass is 10.0. The zero-order valence-electron chi connectivity index (χ0n) is 19.7. The van der Waals surface area contributed by atoms with E-state index >= 15 is 0 Å². The van der Waals surface area contributed by atoms with E-state index in [-0.39, 0.29) is 22.6 Å². The second kappa shape index (κ2) is 9.61. The van der Waals surface area contributed by atoms with E-state index in [0.717, 1.165) is 25.9 Å². The van der Waals surface area contributed by atoms with Crippen molar-refractivity contribution in [2.75, 3.05) is 39.2 Å². The van der Waals surface area contributed by atoms with E-state index in [1.54, 1.807) is 25.2 Å². The van der Waals surface area contributed by atoms with Gasteiger partial charge in [0.05, 0.1) is 18.4 Å². The molecule has 2 aromatic heterocycles. The summed E-state index contributed by atoms with van der Waals surface area (Å²) in [5.74, 6) is 0.0793. The molecule has 1 aliphatic rings. The number of aromatic nitrogens is 3. The van der Waals surface area contributed by atoms with Crippen LogP contribution >= 0.6 is 0 Å². The molecule has 4 rings (SSSR count). The lowest BCUT2D eigenvalue weighted by Gasteiger charge is -2.36. The minimum Gasteiger partial charge on any atom is -0.494 e. The monoisotopic (exact) mass is 462 g/mol. The third-order valence-electron chi connectivity index (χ3n) is 6.34. The molecule has 1 aromatic carbocycles. The number of methoxy groups -OCH3 is 1. The van der Waals surface area contributed by atoms with Crippen molar-refractivity contribution in [2.45, 2.75) is 18.9 Å². The highest BCUT2D eigenvalue weighted by Crippen LogP contribution is 2.32. The van der Waals surface area contributed by atoms with Crippen molar-refractivity contribution < 1.29 is 9.13 Å². The summed E-state index contributed by atoms with van der Waals surface area (Å²) in [6.45, 7) is 1.54. The van der Waals surface area contributed by atoms with E-state index in [1.165, 1.54) is 30.0 Å². The molecule has 9 heteroatoms. The van der Waals surface area contributed by atoms with Gasteiger partial charge in [0.25, 0.3) is 5.56 Å². The largest absolute Gasteiger partial charge is 0.494 e. The molecule has 3 aromatic rings. The third kappa shape index (κ3) is 4.37. The summed E-state index contributed by atoms with van der Waals surface area (Å²) in [5.41, 5.74) is 1.60. The van der Waals surface area contributed by atoms with Crippen LogP contribution in [0.3, 0.4) is 0 Å². The highest BCUT2D eigenvalue weighted by atomic mass is 19.1. The maximum absolute atomic E-state index is 14.6. The van der Waals surface area contributed by atoms with E-state index in [0.29, 0.717) is 28.8 Å². The molecule has 8 nitrogen and oxygen atoms in total. The number of halogens is 1. The molecule has 1 fully saturated rings. The predicted molar refractivity (Wildman–Crippen MR) is 128 cm³/mol. The Labute approximate surface area is 197 Å². The number of nitriles is 1. The van der Waals surface area contributed by atoms with Gasteiger partial charge >= 0.3 is 0 Å². The van der Waals surface area contributed by atoms with Gasteiger partial charge in [-0.3, -0.25) is 9.36 Å². The molecule has 0 amide bonds. The van der Waals surface area contributed by atoms with Gasteiger partial charge in [0.2, 0.25) is 5.95 Å². The van der Waals surface area contributed by atoms with E-state index in [9.17, 15) is 9.18 Å². The van der Waals surface area contributed by atoms with Crippen LogP contribution in [0.2, 0.25) is 0 Å². The van der Waals surface area contributed by atoms with Gasteiger partial charge in [-0.15, -0.1) is 0 Å². The molecule has 0 atom stereocenters. The number of ether oxygens (including phenoxy) is 1. The highest BCUT2D eigenvalue weighted by Gasteiger charge is 2.26. The second-order valence-corrected chi connectivity index (χ2v) is 8.57. The first-order valence-corrected chi connectivity index (χ1v) is 11.1. The van der Waals surface area contributed by atoms with Crippen LogP contribution in [0.5, 0.6) is 5.75 Å². The molecule has 0 radical (unpaired) electrons. The van der Waals surface area contributed by atoms with E-state index in [2.05, 4.69) is 28.9 Å². The van der Waals surface area contributed by atoms with Crippen molar-refractivity contribution in [3.8, 4) is 34.2 Å². The Kier molecular flexibility index (Phi) is 6.61. The van der Waals surface area contributed by atoms with Crippen molar-refractivity contribution >= 4 is 5.95 Å². The van der Waals surface area contributed by atoms with Crippen LogP contribution < -0.4 is 15.2 Å². The summed E-state index contributed by atoms with van der Waals surface area (Å²) < 4.78 is 21.1. The summed E-state index contributed by atoms with van der Waals surface area (Å²) in [6.07, 6.45) is 3.44. The first kappa shape index (κ1) is 23.4. The normalized spacial score (nSPS) is 14.3. The van der Waals surface area contributed by atoms with Crippen LogP contribution in [-0.2, 0) is 7.05 Å². The molecule has 176 valence electrons. The SMILES string of the molecule is COc1ccc(-c2c(-c3ccc(C#N)nc3)nc(N3CCC(N(C)C)CC3)n(C)c2=O)cc1F. The molecule has 0 spiro atoms. The summed E-state index contributed by atoms with van der Waals surface area (Å²) in [4.78, 5) is 27.0. The number of anilines is 1. The Balaban J connectivity index is 1.87. The molecule has 1 saturated heterocycles. The number of hydrogen-bond acceptors (Lipinski definition) is 7. The molecule has 0 saturated carbocycles. The van der Waals surface area contributed by atoms with Crippen LogP contribution in [0.25, 0.3) is 22.4 Å². The second-order valence-electron chi connectivity index (χ2n) is 8.57. The molecular formula is C25H27FN6O2. The van der Waals surface area contributed by atoms with Crippen molar-refractivity contribution in [1.82, 2.24) is 19.4 Å². The Morgan fingerprint density at radius 2 is 1.88 bits per heavy atom. The molecule has 1 aliphatic heterocycles. The third-order valence-corrected chi connectivity index (χ3v) is 6.34. The first-order chi connectivity index (χ1) is 16.3. The maximum atomic E-state index is 14.6. The van der Waals surface area contributed by atoms with Crippen molar-refractivity contribution in [3.05, 3.63) is 58.4 Å². The average Bonchev–Trinajstić information content (AvgIpc) is 2.85. The lowest BCUT2D eigenvalue weighted by Crippen LogP contribution is -2.44. The lowest BCUT2D eigenvalue weighted by molar-refractivity contribution is 0.248. The van der Waals surface area contributed by atoms with E-state index < -0.39 is 5.82 Å². The highest BCUT2D eigenvalue weighted by molar-refractivity contribution is 5.81. The van der Waals surface area contributed by atoms with Gasteiger partial charge in [0, 0.05) is 37.9 Å². The van der Waals surface area contributed by atoms with Gasteiger partial charge in [0.15, 0.2) is 11.6 Å². The van der Waals surface area contributed by atoms with Crippen LogP contribution in [0, 0.1) is 17.1 Å². The zero-order valence-corrected chi connectivity index (χ0v) is 19.7. The first-order valence-electron chi connectivity index (χ1n) is 11.1. The fourth-order valence-electron chi connectivity index (χ4n) is 4.35. The minimum absolute atomic E-state index is 0.0931. The standard InChI is InChI=1S/C25H27FN6O2/c1-30(2)19-9-11-32(12-10-19)25-29-23(17-5-7-18(14-27)28-15-17)22(24(33)31(25)3)16-6-8-21(34-4)20(26)13-16/h5-8,13,15,19H,9-12H2,1-4H3. The Morgan fingerprint density at radius 1 is 1.18 bits per heavy atom. The van der Waals surface area contributed by atoms with Crippen molar-refractivity contribution in [1.29, 1.82) is 5.26 Å². The van der Waals surface area contributed by atoms with Gasteiger partial charge in [-0.2, -0.15) is 5.26 Å². The average molecular weight is 463 g/mol. The van der Waals surface area contributed by atoms with Gasteiger partial charge in [-0.05, 0) is 56.8 Å². The summed E-state index contributed by atoms with van der Waals surface area (Å²) >= 11 is 0. The predicted octanol–water partition coefficient (Wildman–Crippen LogP) is 3.06. The number of pyridine rings is 1. The number of benzene rings is 1. The Morgan fingerprint density at radius 3 is 2.44 bits per heavy atom. The minimum atomic E-state index is -0.569. The van der Waals surface area contributed by atoms with Crippen LogP contribution in [-0.4, -0.2) is 59.8 Å². The van der Waals surface area contributed by atoms with Gasteiger partial charge in [-0.1, -0.05) is 6.07 Å². The fourth-order valence-corrected chi connectivity index (χ4v) is 4.35. The maximum Gasteiger partial charge on any atom is 0.263 e. The Hall–Kier alpha value is -3.77. The number of rotatable bonds is 5. The number of hydrogen-bond donors (Lipinski definition) is 0. The van der Waals surface area contributed by atoms with Crippen LogP contribution in [0.1, 0.15) is 18.5 Å². The van der Waals surface area contributed by atoms with Gasteiger partial charge in [0.1, 0.15) is 11.8 Å². The molecular weight excluding hydrogens is 435 g/mol.